The maximum absolute atomic E-state index is 13.9. The zero-order valence-corrected chi connectivity index (χ0v) is 14.8. The second kappa shape index (κ2) is 7.03. The Hall–Kier alpha value is -3.28. The van der Waals surface area contributed by atoms with Crippen LogP contribution in [0.2, 0.25) is 0 Å². The van der Waals surface area contributed by atoms with Crippen molar-refractivity contribution in [3.63, 3.8) is 0 Å². The number of nitrogens with zero attached hydrogens (tertiary/aromatic N) is 3. The minimum Gasteiger partial charge on any atom is -0.266 e. The lowest BCUT2D eigenvalue weighted by Crippen LogP contribution is -2.32. The molecule has 0 bridgehead atoms. The Balaban J connectivity index is 1.92. The van der Waals surface area contributed by atoms with Gasteiger partial charge < -0.3 is 0 Å². The van der Waals surface area contributed by atoms with Crippen LogP contribution in [0.4, 0.5) is 17.6 Å². The van der Waals surface area contributed by atoms with Crippen LogP contribution in [-0.4, -0.2) is 29.3 Å². The molecule has 0 atom stereocenters. The number of halogens is 4. The molecule has 0 aliphatic carbocycles. The Kier molecular flexibility index (Phi) is 4.89. The average molecular weight is 414 g/mol. The summed E-state index contributed by atoms with van der Waals surface area (Å²) < 4.78 is 80.4. The van der Waals surface area contributed by atoms with Crippen LogP contribution in [0.15, 0.2) is 41.3 Å². The fraction of sp³-hybridized carbons (Fsp3) is 0.0625. The van der Waals surface area contributed by atoms with Crippen LogP contribution < -0.4 is 4.72 Å². The Morgan fingerprint density at radius 2 is 1.61 bits per heavy atom. The first-order valence-corrected chi connectivity index (χ1v) is 8.98. The average Bonchev–Trinajstić information content (AvgIpc) is 2.95. The Morgan fingerprint density at radius 3 is 2.21 bits per heavy atom. The highest BCUT2D eigenvalue weighted by Crippen LogP contribution is 2.19. The third kappa shape index (κ3) is 3.58. The Morgan fingerprint density at radius 1 is 1.00 bits per heavy atom. The number of rotatable bonds is 4. The highest BCUT2D eigenvalue weighted by atomic mass is 32.2. The highest BCUT2D eigenvalue weighted by Gasteiger charge is 2.26. The summed E-state index contributed by atoms with van der Waals surface area (Å²) in [6.07, 6.45) is 0. The van der Waals surface area contributed by atoms with Crippen LogP contribution in [0.5, 0.6) is 0 Å². The van der Waals surface area contributed by atoms with E-state index in [2.05, 4.69) is 10.3 Å². The zero-order valence-electron chi connectivity index (χ0n) is 14.0. The number of benzene rings is 2. The van der Waals surface area contributed by atoms with Crippen LogP contribution in [0.1, 0.15) is 16.2 Å². The van der Waals surface area contributed by atoms with Crippen molar-refractivity contribution in [2.24, 2.45) is 0 Å². The van der Waals surface area contributed by atoms with Crippen molar-refractivity contribution in [1.29, 1.82) is 0 Å². The summed E-state index contributed by atoms with van der Waals surface area (Å²) in [6, 6.07) is 4.31. The molecule has 2 aromatic carbocycles. The van der Waals surface area contributed by atoms with Gasteiger partial charge in [0.25, 0.3) is 15.9 Å². The lowest BCUT2D eigenvalue weighted by molar-refractivity contribution is 0.0976. The number of carbonyl (C=O) groups is 1. The van der Waals surface area contributed by atoms with Crippen molar-refractivity contribution in [2.45, 2.75) is 11.8 Å². The van der Waals surface area contributed by atoms with Crippen LogP contribution in [0.25, 0.3) is 5.69 Å². The molecule has 0 aliphatic heterocycles. The summed E-state index contributed by atoms with van der Waals surface area (Å²) in [7, 11) is -4.68. The topological polar surface area (TPSA) is 93.9 Å². The van der Waals surface area contributed by atoms with E-state index in [9.17, 15) is 30.8 Å². The summed E-state index contributed by atoms with van der Waals surface area (Å²) >= 11 is 0. The van der Waals surface area contributed by atoms with E-state index in [4.69, 9.17) is 0 Å². The smallest absolute Gasteiger partial charge is 0.266 e. The van der Waals surface area contributed by atoms with Gasteiger partial charge in [-0.3, -0.25) is 4.79 Å². The Labute approximate surface area is 155 Å². The van der Waals surface area contributed by atoms with Crippen molar-refractivity contribution in [3.8, 4) is 5.69 Å². The number of carbonyl (C=O) groups excluding carboxylic acids is 1. The van der Waals surface area contributed by atoms with E-state index in [1.165, 1.54) is 6.92 Å². The van der Waals surface area contributed by atoms with E-state index < -0.39 is 49.8 Å². The largest absolute Gasteiger partial charge is 0.287 e. The lowest BCUT2D eigenvalue weighted by atomic mass is 10.2. The van der Waals surface area contributed by atoms with Crippen LogP contribution >= 0.6 is 0 Å². The van der Waals surface area contributed by atoms with Gasteiger partial charge in [-0.1, -0.05) is 5.21 Å². The molecule has 3 rings (SSSR count). The molecule has 0 fully saturated rings. The molecule has 1 heterocycles. The van der Waals surface area contributed by atoms with Crippen LogP contribution in [0, 0.1) is 30.2 Å². The molecule has 28 heavy (non-hydrogen) atoms. The molecule has 1 amide bonds. The monoisotopic (exact) mass is 414 g/mol. The van der Waals surface area contributed by atoms with Gasteiger partial charge in [-0.05, 0) is 31.2 Å². The number of hydrogen-bond donors (Lipinski definition) is 1. The van der Waals surface area contributed by atoms with Crippen LogP contribution in [0.3, 0.4) is 0 Å². The van der Waals surface area contributed by atoms with E-state index in [0.29, 0.717) is 24.3 Å². The molecule has 0 spiro atoms. The van der Waals surface area contributed by atoms with Gasteiger partial charge in [0.2, 0.25) is 0 Å². The van der Waals surface area contributed by atoms with Gasteiger partial charge in [0.15, 0.2) is 11.5 Å². The van der Waals surface area contributed by atoms with Gasteiger partial charge in [-0.15, -0.1) is 5.10 Å². The minimum atomic E-state index is -4.68. The number of hydrogen-bond acceptors (Lipinski definition) is 5. The molecular weight excluding hydrogens is 404 g/mol. The molecule has 7 nitrogen and oxygen atoms in total. The number of sulfonamides is 1. The maximum atomic E-state index is 13.9. The molecule has 3 aromatic rings. The summed E-state index contributed by atoms with van der Waals surface area (Å²) in [4.78, 5) is 11.3. The molecule has 0 unspecified atom stereocenters. The van der Waals surface area contributed by atoms with Gasteiger partial charge in [-0.2, -0.15) is 0 Å². The minimum absolute atomic E-state index is 0.0576. The van der Waals surface area contributed by atoms with Crippen molar-refractivity contribution in [3.05, 3.63) is 71.1 Å². The molecule has 1 aromatic heterocycles. The summed E-state index contributed by atoms with van der Waals surface area (Å²) in [5, 5.41) is 7.05. The lowest BCUT2D eigenvalue weighted by Gasteiger charge is -2.08. The molecule has 0 radical (unpaired) electrons. The molecule has 12 heteroatoms. The first-order valence-electron chi connectivity index (χ1n) is 7.50. The van der Waals surface area contributed by atoms with E-state index in [1.807, 2.05) is 0 Å². The first kappa shape index (κ1) is 19.5. The zero-order chi connectivity index (χ0) is 20.6. The van der Waals surface area contributed by atoms with Crippen molar-refractivity contribution in [1.82, 2.24) is 19.7 Å². The highest BCUT2D eigenvalue weighted by molar-refractivity contribution is 7.90. The first-order chi connectivity index (χ1) is 13.1. The standard InChI is InChI=1S/C16H10F4N4O3S/c1-8-15(21-23-24(8)13-4-2-9(17)6-11(13)19)16(25)22-28(26,27)14-5-3-10(18)7-12(14)20/h2-7H,1H3,(H,22,25). The van der Waals surface area contributed by atoms with Gasteiger partial charge in [0, 0.05) is 12.1 Å². The molecule has 0 aliphatic rings. The van der Waals surface area contributed by atoms with Crippen molar-refractivity contribution in [2.75, 3.05) is 0 Å². The third-order valence-electron chi connectivity index (χ3n) is 3.66. The van der Waals surface area contributed by atoms with E-state index >= 15 is 0 Å². The second-order valence-electron chi connectivity index (χ2n) is 5.54. The van der Waals surface area contributed by atoms with Crippen molar-refractivity contribution >= 4 is 15.9 Å². The van der Waals surface area contributed by atoms with Gasteiger partial charge >= 0.3 is 0 Å². The molecule has 146 valence electrons. The van der Waals surface area contributed by atoms with E-state index in [1.54, 1.807) is 4.72 Å². The van der Waals surface area contributed by atoms with E-state index in [0.717, 1.165) is 16.8 Å². The Bertz CT molecular complexity index is 1190. The molecule has 0 saturated carbocycles. The summed E-state index contributed by atoms with van der Waals surface area (Å²) in [6.45, 7) is 1.29. The summed E-state index contributed by atoms with van der Waals surface area (Å²) in [5.74, 6) is -5.47. The number of aromatic nitrogens is 3. The number of nitrogens with one attached hydrogen (secondary N) is 1. The second-order valence-corrected chi connectivity index (χ2v) is 7.19. The number of amides is 1. The quantitative estimate of drug-likeness (QED) is 0.661. The fourth-order valence-corrected chi connectivity index (χ4v) is 3.35. The van der Waals surface area contributed by atoms with Crippen molar-refractivity contribution < 1.29 is 30.8 Å². The third-order valence-corrected chi connectivity index (χ3v) is 5.02. The van der Waals surface area contributed by atoms with Gasteiger partial charge in [0.1, 0.15) is 28.0 Å². The maximum Gasteiger partial charge on any atom is 0.287 e. The fourth-order valence-electron chi connectivity index (χ4n) is 2.34. The SMILES string of the molecule is Cc1c(C(=O)NS(=O)(=O)c2ccc(F)cc2F)nnn1-c1ccc(F)cc1F. The van der Waals surface area contributed by atoms with Gasteiger partial charge in [-0.25, -0.2) is 35.4 Å². The normalized spacial score (nSPS) is 11.5. The van der Waals surface area contributed by atoms with Gasteiger partial charge in [0.05, 0.1) is 5.69 Å². The molecule has 1 N–H and O–H groups in total. The van der Waals surface area contributed by atoms with Crippen LogP contribution in [-0.2, 0) is 10.0 Å². The molecule has 0 saturated heterocycles. The predicted octanol–water partition coefficient (Wildman–Crippen LogP) is 2.25. The summed E-state index contributed by atoms with van der Waals surface area (Å²) in [5.41, 5.74) is -0.773. The molecular formula is C16H10F4N4O3S. The predicted molar refractivity (Wildman–Crippen MR) is 87.0 cm³/mol. The van der Waals surface area contributed by atoms with E-state index in [-0.39, 0.29) is 11.4 Å².